The minimum Gasteiger partial charge on any atom is -0.480 e. The van der Waals surface area contributed by atoms with Gasteiger partial charge in [-0.15, -0.1) is 0 Å². The number of ether oxygens (including phenoxy) is 2. The predicted molar refractivity (Wildman–Crippen MR) is 209 cm³/mol. The number of methoxy groups -OCH3 is 2. The number of carboxylic acid groups (broad SMARTS) is 1. The fourth-order valence-electron chi connectivity index (χ4n) is 7.79. The molecule has 1 aromatic rings. The lowest BCUT2D eigenvalue weighted by Gasteiger charge is -2.41. The predicted octanol–water partition coefficient (Wildman–Crippen LogP) is 3.49. The Kier molecular flexibility index (Phi) is 19.1. The van der Waals surface area contributed by atoms with Crippen LogP contribution in [0.15, 0.2) is 35.4 Å². The molecule has 16 nitrogen and oxygen atoms in total. The van der Waals surface area contributed by atoms with E-state index >= 15 is 0 Å². The molecular weight excluding hydrogens is 708 g/mol. The van der Waals surface area contributed by atoms with Crippen molar-refractivity contribution in [3.8, 4) is 0 Å². The maximum Gasteiger partial charge on any atom is 0.326 e. The molecule has 1 fully saturated rings. The summed E-state index contributed by atoms with van der Waals surface area (Å²) in [6, 6.07) is 4.17. The van der Waals surface area contributed by atoms with Crippen molar-refractivity contribution in [2.75, 3.05) is 41.9 Å². The van der Waals surface area contributed by atoms with Crippen LogP contribution >= 0.6 is 0 Å². The van der Waals surface area contributed by atoms with Crippen molar-refractivity contribution >= 4 is 29.6 Å². The van der Waals surface area contributed by atoms with Crippen molar-refractivity contribution in [2.24, 2.45) is 22.9 Å². The minimum atomic E-state index is -1.18. The first-order valence-electron chi connectivity index (χ1n) is 19.1. The van der Waals surface area contributed by atoms with E-state index in [0.717, 1.165) is 5.56 Å². The normalized spacial score (nSPS) is 19.2. The van der Waals surface area contributed by atoms with E-state index in [9.17, 15) is 34.6 Å². The van der Waals surface area contributed by atoms with Crippen molar-refractivity contribution in [2.45, 2.75) is 122 Å². The number of likely N-dealkylation sites (tertiary alicyclic amines) is 1. The lowest BCUT2D eigenvalue weighted by atomic mass is 9.89. The number of azide groups is 1. The summed E-state index contributed by atoms with van der Waals surface area (Å²) >= 11 is 0. The van der Waals surface area contributed by atoms with E-state index in [1.54, 1.807) is 69.1 Å². The maximum atomic E-state index is 14.3. The maximum absolute atomic E-state index is 14.3. The number of carboxylic acids is 1. The van der Waals surface area contributed by atoms with E-state index in [-0.39, 0.29) is 36.5 Å². The fourth-order valence-corrected chi connectivity index (χ4v) is 7.79. The molecule has 0 radical (unpaired) electrons. The lowest BCUT2D eigenvalue weighted by Crippen LogP contribution is -2.60. The number of hydrogen-bond donors (Lipinski definition) is 3. The highest BCUT2D eigenvalue weighted by molar-refractivity contribution is 5.91. The van der Waals surface area contributed by atoms with Gasteiger partial charge in [0.15, 0.2) is 0 Å². The van der Waals surface area contributed by atoms with Crippen LogP contribution in [0.5, 0.6) is 0 Å². The van der Waals surface area contributed by atoms with Gasteiger partial charge in [0.25, 0.3) is 0 Å². The molecule has 1 aliphatic rings. The second-order valence-electron chi connectivity index (χ2n) is 15.3. The molecule has 10 atom stereocenters. The van der Waals surface area contributed by atoms with Gasteiger partial charge in [-0.05, 0) is 49.9 Å². The molecule has 2 rings (SSSR count). The Morgan fingerprint density at radius 1 is 1.00 bits per heavy atom. The number of rotatable bonds is 22. The van der Waals surface area contributed by atoms with Crippen LogP contribution in [0.25, 0.3) is 10.4 Å². The van der Waals surface area contributed by atoms with Crippen LogP contribution in [0.3, 0.4) is 0 Å². The highest BCUT2D eigenvalue weighted by Gasteiger charge is 2.43. The van der Waals surface area contributed by atoms with Crippen molar-refractivity contribution in [1.29, 1.82) is 0 Å². The summed E-state index contributed by atoms with van der Waals surface area (Å²) in [5.41, 5.74) is 10.0. The SMILES string of the molecule is CC[C@H](C)[C@@H]([C@@H](CC(=O)N1CCCC1[C@H](OC)[C@@H](C)C(=O)NC(Cc1ccccc1)C(=O)O)OC)N(C)C(=O)[C@@H](NC(=O)C(C(C)C)N(C)C)[C@H](C)N=[N+]=[N-]. The summed E-state index contributed by atoms with van der Waals surface area (Å²) in [5, 5.41) is 19.1. The molecule has 1 saturated heterocycles. The van der Waals surface area contributed by atoms with Gasteiger partial charge in [0, 0.05) is 39.1 Å². The standard InChI is InChI=1S/C39H64N8O8/c1-12-24(4)34(46(9)38(51)32(26(6)43-44-40)42-37(50)33(23(2)3)45(7)8)30(54-10)22-31(48)47-20-16-19-29(47)35(55-11)25(5)36(49)41-28(39(52)53)21-27-17-14-13-15-18-27/h13-15,17-18,23-26,28-30,32-35H,12,16,19-22H2,1-11H3,(H,41,49)(H,42,50)(H,52,53)/t24-,25+,26-,28?,29?,30+,32-,33?,34-,35+/m0/s1. The third-order valence-corrected chi connectivity index (χ3v) is 10.9. The monoisotopic (exact) mass is 772 g/mol. The second-order valence-corrected chi connectivity index (χ2v) is 15.3. The lowest BCUT2D eigenvalue weighted by molar-refractivity contribution is -0.148. The van der Waals surface area contributed by atoms with Crippen LogP contribution in [-0.4, -0.2) is 140 Å². The Bertz CT molecular complexity index is 1460. The zero-order valence-corrected chi connectivity index (χ0v) is 34.5. The summed E-state index contributed by atoms with van der Waals surface area (Å²) in [4.78, 5) is 75.4. The molecule has 16 heteroatoms. The van der Waals surface area contributed by atoms with Gasteiger partial charge in [-0.25, -0.2) is 4.79 Å². The number of aliphatic carboxylic acids is 1. The number of nitrogens with one attached hydrogen (secondary N) is 2. The Morgan fingerprint density at radius 2 is 1.64 bits per heavy atom. The quantitative estimate of drug-likeness (QED) is 0.0895. The molecule has 4 amide bonds. The van der Waals surface area contributed by atoms with Gasteiger partial charge in [-0.2, -0.15) is 0 Å². The highest BCUT2D eigenvalue weighted by atomic mass is 16.5. The van der Waals surface area contributed by atoms with Crippen LogP contribution < -0.4 is 10.6 Å². The third-order valence-electron chi connectivity index (χ3n) is 10.9. The molecule has 3 unspecified atom stereocenters. The second kappa shape index (κ2) is 22.3. The number of carbonyl (C=O) groups is 5. The molecule has 0 saturated carbocycles. The highest BCUT2D eigenvalue weighted by Crippen LogP contribution is 2.30. The van der Waals surface area contributed by atoms with E-state index in [1.165, 1.54) is 19.1 Å². The van der Waals surface area contributed by atoms with Crippen LogP contribution in [0.1, 0.15) is 72.8 Å². The average Bonchev–Trinajstić information content (AvgIpc) is 3.62. The Labute approximate surface area is 326 Å². The van der Waals surface area contributed by atoms with Gasteiger partial charge in [0.05, 0.1) is 48.7 Å². The first-order valence-corrected chi connectivity index (χ1v) is 19.1. The van der Waals surface area contributed by atoms with Crippen molar-refractivity contribution in [3.63, 3.8) is 0 Å². The van der Waals surface area contributed by atoms with E-state index < -0.39 is 72.2 Å². The van der Waals surface area contributed by atoms with Crippen molar-refractivity contribution in [1.82, 2.24) is 25.3 Å². The number of nitrogens with zero attached hydrogens (tertiary/aromatic N) is 6. The molecule has 1 aliphatic heterocycles. The first-order chi connectivity index (χ1) is 25.9. The molecule has 1 aromatic carbocycles. The number of hydrogen-bond acceptors (Lipinski definition) is 9. The zero-order valence-electron chi connectivity index (χ0n) is 34.5. The first kappa shape index (κ1) is 46.9. The largest absolute Gasteiger partial charge is 0.480 e. The van der Waals surface area contributed by atoms with E-state index in [1.807, 2.05) is 33.8 Å². The topological polar surface area (TPSA) is 207 Å². The molecule has 0 spiro atoms. The van der Waals surface area contributed by atoms with Gasteiger partial charge < -0.3 is 35.0 Å². The molecule has 1 heterocycles. The summed E-state index contributed by atoms with van der Waals surface area (Å²) in [7, 11) is 8.12. The summed E-state index contributed by atoms with van der Waals surface area (Å²) < 4.78 is 11.8. The molecule has 308 valence electrons. The smallest absolute Gasteiger partial charge is 0.326 e. The number of carbonyl (C=O) groups excluding carboxylic acids is 4. The average molecular weight is 773 g/mol. The molecular formula is C39H64N8O8. The van der Waals surface area contributed by atoms with Gasteiger partial charge in [0.2, 0.25) is 23.6 Å². The van der Waals surface area contributed by atoms with Gasteiger partial charge >= 0.3 is 5.97 Å². The fraction of sp³-hybridized carbons (Fsp3) is 0.718. The summed E-state index contributed by atoms with van der Waals surface area (Å²) in [5.74, 6) is -3.77. The zero-order chi connectivity index (χ0) is 41.6. The number of amides is 4. The van der Waals surface area contributed by atoms with E-state index in [0.29, 0.717) is 25.8 Å². The van der Waals surface area contributed by atoms with Gasteiger partial charge in [-0.1, -0.05) is 83.4 Å². The third kappa shape index (κ3) is 12.6. The minimum absolute atomic E-state index is 0.0687. The van der Waals surface area contributed by atoms with Gasteiger partial charge in [0.1, 0.15) is 12.1 Å². The Hall–Kier alpha value is -4.24. The van der Waals surface area contributed by atoms with E-state index in [2.05, 4.69) is 20.7 Å². The molecule has 55 heavy (non-hydrogen) atoms. The summed E-state index contributed by atoms with van der Waals surface area (Å²) in [6.45, 7) is 11.4. The molecule has 0 aliphatic carbocycles. The van der Waals surface area contributed by atoms with Crippen LogP contribution in [0.4, 0.5) is 0 Å². The molecule has 3 N–H and O–H groups in total. The van der Waals surface area contributed by atoms with Crippen molar-refractivity contribution < 1.29 is 38.6 Å². The molecule has 0 aromatic heterocycles. The van der Waals surface area contributed by atoms with Crippen LogP contribution in [0, 0.1) is 17.8 Å². The molecule has 0 bridgehead atoms. The summed E-state index contributed by atoms with van der Waals surface area (Å²) in [6.07, 6.45) is 0.419. The van der Waals surface area contributed by atoms with Crippen LogP contribution in [0.2, 0.25) is 0 Å². The number of likely N-dealkylation sites (N-methyl/N-ethyl adjacent to an activating group) is 2. The Morgan fingerprint density at radius 3 is 2.15 bits per heavy atom. The Balaban J connectivity index is 2.33. The number of benzene rings is 1. The van der Waals surface area contributed by atoms with Gasteiger partial charge in [-0.3, -0.25) is 24.1 Å². The van der Waals surface area contributed by atoms with E-state index in [4.69, 9.17) is 9.47 Å². The van der Waals surface area contributed by atoms with Crippen molar-refractivity contribution in [3.05, 3.63) is 46.3 Å². The van der Waals surface area contributed by atoms with Crippen LogP contribution in [-0.2, 0) is 39.9 Å².